The van der Waals surface area contributed by atoms with Crippen molar-refractivity contribution in [1.29, 1.82) is 0 Å². The van der Waals surface area contributed by atoms with Gasteiger partial charge in [0.05, 0.1) is 12.7 Å². The molecule has 0 amide bonds. The van der Waals surface area contributed by atoms with Crippen LogP contribution in [0.15, 0.2) is 12.3 Å². The molecule has 2 atom stereocenters. The zero-order chi connectivity index (χ0) is 13.7. The summed E-state index contributed by atoms with van der Waals surface area (Å²) < 4.78 is 0. The number of nitrogens with zero attached hydrogens (tertiary/aromatic N) is 1. The van der Waals surface area contributed by atoms with Crippen molar-refractivity contribution in [2.45, 2.75) is 25.7 Å². The summed E-state index contributed by atoms with van der Waals surface area (Å²) in [6.45, 7) is 1.09. The molecule has 6 nitrogen and oxygen atoms in total. The highest BCUT2D eigenvalue weighted by atomic mass is 32.2. The molecule has 1 aromatic heterocycles. The first-order valence-electron chi connectivity index (χ1n) is 5.30. The zero-order valence-corrected chi connectivity index (χ0v) is 10.7. The van der Waals surface area contributed by atoms with E-state index in [9.17, 15) is 15.0 Å². The van der Waals surface area contributed by atoms with E-state index in [1.54, 1.807) is 0 Å². The Bertz CT molecular complexity index is 428. The van der Waals surface area contributed by atoms with Crippen LogP contribution in [0.1, 0.15) is 24.2 Å². The summed E-state index contributed by atoms with van der Waals surface area (Å²) in [5, 5.41) is 28.5. The second-order valence-electron chi connectivity index (χ2n) is 3.79. The second-order valence-corrected chi connectivity index (χ2v) is 4.98. The van der Waals surface area contributed by atoms with E-state index in [2.05, 4.69) is 4.98 Å². The average molecular weight is 272 g/mol. The quantitative estimate of drug-likeness (QED) is 0.588. The Morgan fingerprint density at radius 1 is 1.56 bits per heavy atom. The SMILES string of the molecule is CC(=O)SCC(O)C(O)c1cnc(N)c(CO)c1. The number of pyridine rings is 1. The summed E-state index contributed by atoms with van der Waals surface area (Å²) >= 11 is 0.932. The van der Waals surface area contributed by atoms with Crippen molar-refractivity contribution in [2.75, 3.05) is 11.5 Å². The van der Waals surface area contributed by atoms with Gasteiger partial charge in [-0.15, -0.1) is 0 Å². The van der Waals surface area contributed by atoms with E-state index in [0.717, 1.165) is 11.8 Å². The molecule has 0 spiro atoms. The second kappa shape index (κ2) is 6.69. The lowest BCUT2D eigenvalue weighted by molar-refractivity contribution is -0.109. The normalized spacial score (nSPS) is 14.2. The van der Waals surface area contributed by atoms with E-state index in [0.29, 0.717) is 11.1 Å². The molecule has 18 heavy (non-hydrogen) atoms. The highest BCUT2D eigenvalue weighted by molar-refractivity contribution is 8.13. The first-order valence-corrected chi connectivity index (χ1v) is 6.29. The van der Waals surface area contributed by atoms with Gasteiger partial charge in [-0.05, 0) is 6.07 Å². The van der Waals surface area contributed by atoms with Crippen LogP contribution in [0.4, 0.5) is 5.82 Å². The van der Waals surface area contributed by atoms with Gasteiger partial charge in [-0.25, -0.2) is 4.98 Å². The Morgan fingerprint density at radius 3 is 2.78 bits per heavy atom. The van der Waals surface area contributed by atoms with Gasteiger partial charge >= 0.3 is 0 Å². The van der Waals surface area contributed by atoms with E-state index in [1.807, 2.05) is 0 Å². The molecule has 7 heteroatoms. The Labute approximate surface area is 109 Å². The molecule has 2 unspecified atom stereocenters. The molecule has 1 rings (SSSR count). The van der Waals surface area contributed by atoms with Crippen molar-refractivity contribution in [3.63, 3.8) is 0 Å². The molecular weight excluding hydrogens is 256 g/mol. The van der Waals surface area contributed by atoms with Gasteiger partial charge in [0.2, 0.25) is 0 Å². The highest BCUT2D eigenvalue weighted by Crippen LogP contribution is 2.22. The minimum absolute atomic E-state index is 0.0926. The number of thioether (sulfide) groups is 1. The van der Waals surface area contributed by atoms with Gasteiger partial charge < -0.3 is 21.1 Å². The monoisotopic (exact) mass is 272 g/mol. The number of anilines is 1. The molecule has 100 valence electrons. The van der Waals surface area contributed by atoms with E-state index < -0.39 is 12.2 Å². The molecule has 0 aliphatic carbocycles. The lowest BCUT2D eigenvalue weighted by atomic mass is 10.1. The number of hydrogen-bond acceptors (Lipinski definition) is 7. The maximum Gasteiger partial charge on any atom is 0.185 e. The topological polar surface area (TPSA) is 117 Å². The van der Waals surface area contributed by atoms with Crippen molar-refractivity contribution in [3.05, 3.63) is 23.4 Å². The summed E-state index contributed by atoms with van der Waals surface area (Å²) in [4.78, 5) is 14.6. The van der Waals surface area contributed by atoms with E-state index in [1.165, 1.54) is 19.2 Å². The van der Waals surface area contributed by atoms with Gasteiger partial charge in [0.15, 0.2) is 5.12 Å². The summed E-state index contributed by atoms with van der Waals surface area (Å²) in [6, 6.07) is 1.48. The molecule has 5 N–H and O–H groups in total. The molecule has 0 aliphatic rings. The first-order chi connectivity index (χ1) is 8.45. The molecule has 0 saturated carbocycles. The summed E-state index contributed by atoms with van der Waals surface area (Å²) in [5.74, 6) is 0.274. The minimum atomic E-state index is -1.17. The minimum Gasteiger partial charge on any atom is -0.392 e. The Hall–Kier alpha value is -1.15. The number of carbonyl (C=O) groups excluding carboxylic acids is 1. The fourth-order valence-electron chi connectivity index (χ4n) is 1.34. The number of rotatable bonds is 5. The first kappa shape index (κ1) is 14.9. The van der Waals surface area contributed by atoms with Crippen LogP contribution in [0.5, 0.6) is 0 Å². The van der Waals surface area contributed by atoms with Gasteiger partial charge in [-0.1, -0.05) is 11.8 Å². The van der Waals surface area contributed by atoms with Crippen LogP contribution in [0, 0.1) is 0 Å². The van der Waals surface area contributed by atoms with E-state index >= 15 is 0 Å². The van der Waals surface area contributed by atoms with Crippen LogP contribution in [0.25, 0.3) is 0 Å². The smallest absolute Gasteiger partial charge is 0.185 e. The fraction of sp³-hybridized carbons (Fsp3) is 0.455. The molecular formula is C11H16N2O4S. The van der Waals surface area contributed by atoms with Crippen LogP contribution >= 0.6 is 11.8 Å². The van der Waals surface area contributed by atoms with Crippen LogP contribution in [0.2, 0.25) is 0 Å². The average Bonchev–Trinajstić information content (AvgIpc) is 2.35. The van der Waals surface area contributed by atoms with Crippen molar-refractivity contribution in [1.82, 2.24) is 4.98 Å². The van der Waals surface area contributed by atoms with E-state index in [-0.39, 0.29) is 23.3 Å². The van der Waals surface area contributed by atoms with Gasteiger partial charge in [-0.3, -0.25) is 4.79 Å². The van der Waals surface area contributed by atoms with Crippen LogP contribution in [-0.2, 0) is 11.4 Å². The summed E-state index contributed by atoms with van der Waals surface area (Å²) in [7, 11) is 0. The van der Waals surface area contributed by atoms with Crippen LogP contribution < -0.4 is 5.73 Å². The van der Waals surface area contributed by atoms with Gasteiger partial charge in [-0.2, -0.15) is 0 Å². The maximum atomic E-state index is 10.8. The predicted molar refractivity (Wildman–Crippen MR) is 68.7 cm³/mol. The molecule has 0 bridgehead atoms. The fourth-order valence-corrected chi connectivity index (χ4v) is 1.93. The number of nitrogens with two attached hydrogens (primary N) is 1. The molecule has 1 aromatic rings. The van der Waals surface area contributed by atoms with Gasteiger partial charge in [0.1, 0.15) is 11.9 Å². The number of aliphatic hydroxyl groups excluding tert-OH is 3. The summed E-state index contributed by atoms with van der Waals surface area (Å²) in [5.41, 5.74) is 6.25. The van der Waals surface area contributed by atoms with Crippen LogP contribution in [0.3, 0.4) is 0 Å². The Kier molecular flexibility index (Phi) is 5.54. The van der Waals surface area contributed by atoms with Crippen molar-refractivity contribution >= 4 is 22.7 Å². The third-order valence-corrected chi connectivity index (χ3v) is 3.27. The molecule has 0 saturated heterocycles. The number of carbonyl (C=O) groups is 1. The Balaban J connectivity index is 2.76. The number of hydrogen-bond donors (Lipinski definition) is 4. The third-order valence-electron chi connectivity index (χ3n) is 2.36. The molecule has 0 radical (unpaired) electrons. The van der Waals surface area contributed by atoms with Crippen molar-refractivity contribution in [2.24, 2.45) is 0 Å². The molecule has 1 heterocycles. The van der Waals surface area contributed by atoms with Crippen LogP contribution in [-0.4, -0.2) is 37.3 Å². The molecule has 0 aromatic carbocycles. The van der Waals surface area contributed by atoms with Crippen molar-refractivity contribution in [3.8, 4) is 0 Å². The number of nitrogen functional groups attached to an aromatic ring is 1. The van der Waals surface area contributed by atoms with E-state index in [4.69, 9.17) is 10.8 Å². The summed E-state index contributed by atoms with van der Waals surface area (Å²) in [6.07, 6.45) is -0.924. The van der Waals surface area contributed by atoms with Gasteiger partial charge in [0.25, 0.3) is 0 Å². The lowest BCUT2D eigenvalue weighted by Crippen LogP contribution is -2.22. The lowest BCUT2D eigenvalue weighted by Gasteiger charge is -2.17. The largest absolute Gasteiger partial charge is 0.392 e. The zero-order valence-electron chi connectivity index (χ0n) is 9.91. The predicted octanol–water partition coefficient (Wildman–Crippen LogP) is -0.170. The highest BCUT2D eigenvalue weighted by Gasteiger charge is 2.20. The third kappa shape index (κ3) is 3.95. The molecule has 0 fully saturated rings. The Morgan fingerprint density at radius 2 is 2.22 bits per heavy atom. The molecule has 0 aliphatic heterocycles. The van der Waals surface area contributed by atoms with Crippen molar-refractivity contribution < 1.29 is 20.1 Å². The maximum absolute atomic E-state index is 10.8. The number of aliphatic hydroxyl groups is 3. The van der Waals surface area contributed by atoms with Gasteiger partial charge in [0, 0.05) is 30.0 Å². The standard InChI is InChI=1S/C11H16N2O4S/c1-6(15)18-5-9(16)10(17)7-2-8(4-14)11(12)13-3-7/h2-3,9-10,14,16-17H,4-5H2,1H3,(H2,12,13). The number of aromatic nitrogens is 1.